The minimum Gasteiger partial charge on any atom is -0.467 e. The van der Waals surface area contributed by atoms with Crippen molar-refractivity contribution < 1.29 is 23.8 Å². The first-order valence-electron chi connectivity index (χ1n) is 11.1. The number of aryl methyl sites for hydroxylation is 1. The Bertz CT molecular complexity index is 1120. The van der Waals surface area contributed by atoms with E-state index in [9.17, 15) is 9.59 Å². The van der Waals surface area contributed by atoms with E-state index >= 15 is 0 Å². The molecule has 0 fully saturated rings. The van der Waals surface area contributed by atoms with Crippen LogP contribution < -0.4 is 5.32 Å². The summed E-state index contributed by atoms with van der Waals surface area (Å²) in [6, 6.07) is 23.9. The van der Waals surface area contributed by atoms with Gasteiger partial charge in [-0.3, -0.25) is 5.32 Å². The molecular formula is C27H26BrNO5. The number of para-hydroxylation sites is 1. The predicted octanol–water partition coefficient (Wildman–Crippen LogP) is 5.89. The van der Waals surface area contributed by atoms with Crippen molar-refractivity contribution in [3.63, 3.8) is 0 Å². The highest BCUT2D eigenvalue weighted by Crippen LogP contribution is 2.44. The van der Waals surface area contributed by atoms with Crippen LogP contribution in [0.15, 0.2) is 72.8 Å². The van der Waals surface area contributed by atoms with E-state index in [1.54, 1.807) is 0 Å². The molecule has 0 bridgehead atoms. The molecule has 3 aromatic rings. The lowest BCUT2D eigenvalue weighted by atomic mass is 9.98. The molecule has 0 heterocycles. The summed E-state index contributed by atoms with van der Waals surface area (Å²) in [4.78, 5) is 24.6. The molecule has 6 nitrogen and oxygen atoms in total. The number of anilines is 1. The second kappa shape index (κ2) is 11.3. The van der Waals surface area contributed by atoms with Crippen molar-refractivity contribution in [1.82, 2.24) is 0 Å². The number of hydrogen-bond donors (Lipinski definition) is 1. The van der Waals surface area contributed by atoms with Crippen molar-refractivity contribution in [1.29, 1.82) is 0 Å². The van der Waals surface area contributed by atoms with Crippen molar-refractivity contribution in [2.75, 3.05) is 24.5 Å². The Kier molecular flexibility index (Phi) is 7.98. The van der Waals surface area contributed by atoms with Gasteiger partial charge in [-0.15, -0.1) is 0 Å². The molecular weight excluding hydrogens is 498 g/mol. The monoisotopic (exact) mass is 523 g/mol. The maximum atomic E-state index is 12.7. The highest BCUT2D eigenvalue weighted by Gasteiger charge is 2.29. The molecule has 0 spiro atoms. The van der Waals surface area contributed by atoms with Crippen LogP contribution in [0.5, 0.6) is 0 Å². The van der Waals surface area contributed by atoms with Crippen LogP contribution in [-0.4, -0.2) is 37.4 Å². The first-order chi connectivity index (χ1) is 16.6. The number of hydrogen-bond acceptors (Lipinski definition) is 5. The van der Waals surface area contributed by atoms with E-state index in [4.69, 9.17) is 14.2 Å². The summed E-state index contributed by atoms with van der Waals surface area (Å²) in [5, 5.41) is 2.85. The van der Waals surface area contributed by atoms with Gasteiger partial charge in [0.25, 0.3) is 0 Å². The highest BCUT2D eigenvalue weighted by molar-refractivity contribution is 9.09. The Morgan fingerprint density at radius 1 is 0.941 bits per heavy atom. The van der Waals surface area contributed by atoms with Crippen LogP contribution in [0.4, 0.5) is 10.5 Å². The van der Waals surface area contributed by atoms with Gasteiger partial charge in [-0.05, 0) is 46.7 Å². The van der Waals surface area contributed by atoms with Crippen molar-refractivity contribution >= 4 is 33.7 Å². The number of methoxy groups -OCH3 is 1. The van der Waals surface area contributed by atoms with Gasteiger partial charge >= 0.3 is 12.1 Å². The van der Waals surface area contributed by atoms with Crippen LogP contribution in [0, 0.1) is 0 Å². The van der Waals surface area contributed by atoms with Gasteiger partial charge in [0.15, 0.2) is 6.10 Å². The van der Waals surface area contributed by atoms with Crippen LogP contribution in [-0.2, 0) is 25.4 Å². The van der Waals surface area contributed by atoms with Crippen LogP contribution in [0.3, 0.4) is 0 Å². The fourth-order valence-corrected chi connectivity index (χ4v) is 4.69. The Morgan fingerprint density at radius 2 is 1.56 bits per heavy atom. The molecule has 1 amide bonds. The number of ether oxygens (including phenoxy) is 3. The molecule has 1 N–H and O–H groups in total. The third-order valence-corrected chi connectivity index (χ3v) is 6.27. The smallest absolute Gasteiger partial charge is 0.411 e. The number of fused-ring (bicyclic) bond motifs is 3. The number of nitrogens with one attached hydrogen (secondary N) is 1. The molecule has 0 saturated heterocycles. The van der Waals surface area contributed by atoms with Crippen molar-refractivity contribution in [2.24, 2.45) is 0 Å². The van der Waals surface area contributed by atoms with Crippen LogP contribution in [0.2, 0.25) is 0 Å². The minimum atomic E-state index is -0.688. The zero-order valence-corrected chi connectivity index (χ0v) is 20.4. The number of halogens is 1. The standard InChI is InChI=1S/C27H26BrNO5/c1-32-26(30)25(34-17-28)15-14-18-8-2-7-13-24(18)29-27(31)33-16-23-21-11-5-3-9-19(21)20-10-4-6-12-22(20)23/h2-13,23,25H,14-17H2,1H3,(H,29,31)/t25-/m0/s1. The molecule has 34 heavy (non-hydrogen) atoms. The van der Waals surface area contributed by atoms with Gasteiger partial charge in [0.05, 0.1) is 7.11 Å². The van der Waals surface area contributed by atoms with E-state index in [-0.39, 0.29) is 18.0 Å². The minimum absolute atomic E-state index is 0.00407. The van der Waals surface area contributed by atoms with Crippen LogP contribution >= 0.6 is 15.9 Å². The van der Waals surface area contributed by atoms with E-state index in [2.05, 4.69) is 45.5 Å². The quantitative estimate of drug-likeness (QED) is 0.279. The Hall–Kier alpha value is -3.16. The first-order valence-corrected chi connectivity index (χ1v) is 12.2. The number of rotatable bonds is 9. The van der Waals surface area contributed by atoms with Crippen molar-refractivity contribution in [2.45, 2.75) is 24.9 Å². The van der Waals surface area contributed by atoms with Crippen molar-refractivity contribution in [3.05, 3.63) is 89.5 Å². The third-order valence-electron chi connectivity index (χ3n) is 6.00. The molecule has 1 aliphatic carbocycles. The highest BCUT2D eigenvalue weighted by atomic mass is 79.9. The summed E-state index contributed by atoms with van der Waals surface area (Å²) >= 11 is 3.18. The molecule has 1 aliphatic rings. The van der Waals surface area contributed by atoms with Crippen molar-refractivity contribution in [3.8, 4) is 11.1 Å². The van der Waals surface area contributed by atoms with E-state index in [1.165, 1.54) is 18.2 Å². The summed E-state index contributed by atoms with van der Waals surface area (Å²) < 4.78 is 15.9. The summed E-state index contributed by atoms with van der Waals surface area (Å²) in [5.41, 5.74) is 6.44. The molecule has 0 unspecified atom stereocenters. The lowest BCUT2D eigenvalue weighted by molar-refractivity contribution is -0.152. The van der Waals surface area contributed by atoms with Gasteiger partial charge in [0.1, 0.15) is 12.1 Å². The molecule has 7 heteroatoms. The summed E-state index contributed by atoms with van der Waals surface area (Å²) in [5.74, 6) is -0.433. The molecule has 4 rings (SSSR count). The second-order valence-electron chi connectivity index (χ2n) is 7.93. The average molecular weight is 524 g/mol. The molecule has 0 saturated carbocycles. The number of carbonyl (C=O) groups excluding carboxylic acids is 2. The molecule has 0 radical (unpaired) electrons. The maximum absolute atomic E-state index is 12.7. The number of amides is 1. The number of benzene rings is 3. The van der Waals surface area contributed by atoms with E-state index < -0.39 is 18.2 Å². The number of carbonyl (C=O) groups is 2. The lowest BCUT2D eigenvalue weighted by Gasteiger charge is -2.17. The van der Waals surface area contributed by atoms with E-state index in [0.29, 0.717) is 18.5 Å². The molecule has 1 atom stereocenters. The number of alkyl halides is 1. The zero-order valence-electron chi connectivity index (χ0n) is 18.8. The Balaban J connectivity index is 1.40. The maximum Gasteiger partial charge on any atom is 0.411 e. The molecule has 0 aliphatic heterocycles. The van der Waals surface area contributed by atoms with Gasteiger partial charge in [0, 0.05) is 11.6 Å². The first kappa shape index (κ1) is 24.0. The Morgan fingerprint density at radius 3 is 2.21 bits per heavy atom. The van der Waals surface area contributed by atoms with Gasteiger partial charge < -0.3 is 14.2 Å². The van der Waals surface area contributed by atoms with Gasteiger partial charge in [-0.2, -0.15) is 0 Å². The Labute approximate surface area is 207 Å². The predicted molar refractivity (Wildman–Crippen MR) is 134 cm³/mol. The second-order valence-corrected chi connectivity index (χ2v) is 8.39. The molecule has 0 aromatic heterocycles. The lowest BCUT2D eigenvalue weighted by Crippen LogP contribution is -2.26. The molecule has 176 valence electrons. The third kappa shape index (κ3) is 5.32. The van der Waals surface area contributed by atoms with Gasteiger partial charge in [0.2, 0.25) is 0 Å². The SMILES string of the molecule is COC(=O)[C@H](CCc1ccccc1NC(=O)OCC1c2ccccc2-c2ccccc21)OCBr. The van der Waals surface area contributed by atoms with Crippen LogP contribution in [0.25, 0.3) is 11.1 Å². The molecule has 3 aromatic carbocycles. The summed E-state index contributed by atoms with van der Waals surface area (Å²) in [6.07, 6.45) is -0.267. The van der Waals surface area contributed by atoms with Crippen LogP contribution in [0.1, 0.15) is 29.0 Å². The summed E-state index contributed by atoms with van der Waals surface area (Å²) in [7, 11) is 1.33. The fraction of sp³-hybridized carbons (Fsp3) is 0.259. The normalized spacial score (nSPS) is 13.0. The average Bonchev–Trinajstić information content (AvgIpc) is 3.19. The topological polar surface area (TPSA) is 73.9 Å². The summed E-state index contributed by atoms with van der Waals surface area (Å²) in [6.45, 7) is 0.242. The number of esters is 1. The van der Waals surface area contributed by atoms with Gasteiger partial charge in [-0.25, -0.2) is 9.59 Å². The van der Waals surface area contributed by atoms with Gasteiger partial charge in [-0.1, -0.05) is 82.7 Å². The largest absolute Gasteiger partial charge is 0.467 e. The van der Waals surface area contributed by atoms with E-state index in [1.807, 2.05) is 48.5 Å². The zero-order chi connectivity index (χ0) is 23.9. The fourth-order valence-electron chi connectivity index (χ4n) is 4.37. The van der Waals surface area contributed by atoms with E-state index in [0.717, 1.165) is 16.7 Å².